The van der Waals surface area contributed by atoms with Gasteiger partial charge in [-0.2, -0.15) is 0 Å². The number of esters is 3. The molecule has 45 nitrogen and oxygen atoms in total. The molecule has 1 fully saturated rings. The molecule has 0 radical (unpaired) electrons. The van der Waals surface area contributed by atoms with E-state index in [-0.39, 0.29) is 182 Å². The Bertz CT molecular complexity index is 4070. The fourth-order valence-corrected chi connectivity index (χ4v) is 15.6. The van der Waals surface area contributed by atoms with Crippen LogP contribution in [0.3, 0.4) is 0 Å². The summed E-state index contributed by atoms with van der Waals surface area (Å²) in [6.07, 6.45) is -0.684. The van der Waals surface area contributed by atoms with E-state index in [2.05, 4.69) is 47.2 Å². The van der Waals surface area contributed by atoms with Gasteiger partial charge in [-0.1, -0.05) is 132 Å². The van der Waals surface area contributed by atoms with Crippen molar-refractivity contribution in [1.82, 2.24) is 57.0 Å². The zero-order valence-electron chi connectivity index (χ0n) is 86.0. The summed E-state index contributed by atoms with van der Waals surface area (Å²) in [5.41, 5.74) is 0.608. The Hall–Kier alpha value is -9.35. The Labute approximate surface area is 850 Å². The smallest absolute Gasteiger partial charge is 0.407 e. The molecule has 2 aromatic heterocycles. The molecule has 1 aliphatic rings. The number of rotatable bonds is 67. The Balaban J connectivity index is 0.00000138. The number of piperidine rings is 1. The van der Waals surface area contributed by atoms with Crippen LogP contribution in [0.5, 0.6) is 5.75 Å². The zero-order chi connectivity index (χ0) is 107. The molecule has 3 aromatic rings. The minimum absolute atomic E-state index is 0.0130. The van der Waals surface area contributed by atoms with Crippen molar-refractivity contribution in [1.29, 1.82) is 0 Å². The van der Waals surface area contributed by atoms with Gasteiger partial charge in [-0.3, -0.25) is 48.1 Å². The van der Waals surface area contributed by atoms with Crippen LogP contribution in [0.1, 0.15) is 214 Å². The number of likely N-dealkylation sites (tertiary alicyclic amines) is 1. The van der Waals surface area contributed by atoms with Gasteiger partial charge in [0.05, 0.1) is 75.8 Å². The average molecular weight is 2100 g/mol. The Morgan fingerprint density at radius 3 is 1.53 bits per heavy atom. The van der Waals surface area contributed by atoms with Gasteiger partial charge in [0.15, 0.2) is 38.0 Å². The maximum atomic E-state index is 15.0. The van der Waals surface area contributed by atoms with Crippen molar-refractivity contribution in [2.24, 2.45) is 29.6 Å². The number of methoxy groups -OCH3 is 4. The van der Waals surface area contributed by atoms with Crippen molar-refractivity contribution in [2.45, 2.75) is 284 Å². The number of aliphatic hydroxyl groups is 5. The van der Waals surface area contributed by atoms with E-state index in [0.29, 0.717) is 50.6 Å². The molecule has 1 saturated heterocycles. The van der Waals surface area contributed by atoms with E-state index in [9.17, 15) is 72.5 Å². The number of ether oxygens (including phenoxy) is 14. The van der Waals surface area contributed by atoms with E-state index in [1.807, 2.05) is 99.4 Å². The number of alkyl carbamates (subject to hydrolysis) is 3. The molecule has 4 rings (SSSR count). The monoisotopic (exact) mass is 2090 g/mol. The molecule has 48 heteroatoms. The molecule has 0 saturated carbocycles. The quantitative estimate of drug-likeness (QED) is 0.00652. The molecule has 1 aliphatic heterocycles. The Morgan fingerprint density at radius 2 is 1.09 bits per heavy atom. The molecule has 3 heterocycles. The molecule has 816 valence electrons. The lowest BCUT2D eigenvalue weighted by atomic mass is 9.92. The standard InChI is InChI=1S/C59H93N7O17S.C18H29N3O6S2.C11H21NO7.C7H16O4/c1-14-37(9)52(64-54(72)45-18-16-17-25-65(45)12)56(73)66(33-80-49(70)26-34(3)4)46(35(5)6)29-47(81-39(11)68)55-62-44(32-84-55)53(71)61-41(27-38(10)57(74)75)28-40-19-21-43(22-20-40)83-58(76)51(36(7)8)63-48(69)23-24-60-59(77)79-31-50(78-13)82-42(15-2)30-67;1-3-14(12-22)27-17(25-2)13-26-18(24)21-9-7-15(23)19-10-11-28-29-16-6-4-5-8-20-16;1-3-8(6-13)19-10(17-2)7-18-11(16)12-5-4-9(14)15;1-3-6(4-8)11-7(5-9)10-2/h19-22,32,34-38,41-42,45-47,50-52,67H,14-18,23-31,33H2,1-13H3,(H,60,77)(H,61,71)(H,63,69)(H,64,72)(H,74,75);4-6,8,14,17,22H,3,7,9-13H2,1-2H3,(H,19,23)(H,21,24);8,10,13H,3-7H2,1-2H3,(H,12,16)(H,14,15);6-9H,3-5H2,1-2H3/t37-,38-,41+,42?,45+,46+,47+,50?,51+,52-;;;/m0.../s1. The summed E-state index contributed by atoms with van der Waals surface area (Å²) in [4.78, 5) is 176. The molecular weight excluding hydrogens is 1940 g/mol. The molecule has 8 unspecified atom stereocenters. The fraction of sp³-hybridized carbons (Fsp3) is 0.716. The van der Waals surface area contributed by atoms with E-state index >= 15 is 0 Å². The molecule has 0 bridgehead atoms. The number of amides is 8. The highest BCUT2D eigenvalue weighted by Gasteiger charge is 2.41. The van der Waals surface area contributed by atoms with Crippen molar-refractivity contribution >= 4 is 111 Å². The third kappa shape index (κ3) is 57.4. The number of carbonyl (C=O) groups excluding carboxylic acids is 11. The van der Waals surface area contributed by atoms with E-state index in [1.165, 1.54) is 64.7 Å². The maximum Gasteiger partial charge on any atom is 0.407 e. The van der Waals surface area contributed by atoms with Crippen LogP contribution in [-0.2, 0) is 111 Å². The lowest BCUT2D eigenvalue weighted by Gasteiger charge is -2.39. The van der Waals surface area contributed by atoms with Gasteiger partial charge in [0.1, 0.15) is 53.4 Å². The van der Waals surface area contributed by atoms with Crippen molar-refractivity contribution in [2.75, 3.05) is 134 Å². The van der Waals surface area contributed by atoms with Crippen LogP contribution in [0, 0.1) is 29.6 Å². The number of carboxylic acid groups (broad SMARTS) is 2. The van der Waals surface area contributed by atoms with Gasteiger partial charge in [-0.25, -0.2) is 29.1 Å². The molecule has 143 heavy (non-hydrogen) atoms. The van der Waals surface area contributed by atoms with Crippen LogP contribution in [0.25, 0.3) is 0 Å². The summed E-state index contributed by atoms with van der Waals surface area (Å²) in [6.45, 7) is 24.5. The number of aromatic nitrogens is 2. The van der Waals surface area contributed by atoms with Gasteiger partial charge in [0, 0.05) is 117 Å². The first-order chi connectivity index (χ1) is 68.1. The third-order valence-corrected chi connectivity index (χ3v) is 24.9. The summed E-state index contributed by atoms with van der Waals surface area (Å²) in [5.74, 6) is -7.13. The second kappa shape index (κ2) is 77.1. The van der Waals surface area contributed by atoms with Crippen LogP contribution in [-0.4, -0.2) is 347 Å². The van der Waals surface area contributed by atoms with Gasteiger partial charge in [0.2, 0.25) is 23.6 Å². The summed E-state index contributed by atoms with van der Waals surface area (Å²) in [6, 6.07) is 8.12. The normalized spacial score (nSPS) is 15.6. The summed E-state index contributed by atoms with van der Waals surface area (Å²) in [5, 5.41) is 84.3. The van der Waals surface area contributed by atoms with Crippen molar-refractivity contribution in [3.05, 3.63) is 70.3 Å². The number of carboxylic acids is 2. The minimum Gasteiger partial charge on any atom is -0.481 e. The molecule has 0 spiro atoms. The molecule has 8 amide bonds. The molecular formula is C95H159N11O34S3. The highest BCUT2D eigenvalue weighted by atomic mass is 33.1. The number of nitrogens with zero attached hydrogens (tertiary/aromatic N) is 4. The van der Waals surface area contributed by atoms with Crippen LogP contribution >= 0.6 is 32.9 Å². The second-order valence-corrected chi connectivity index (χ2v) is 37.5. The number of nitrogens with one attached hydrogen (secondary N) is 7. The van der Waals surface area contributed by atoms with Gasteiger partial charge >= 0.3 is 48.1 Å². The highest BCUT2D eigenvalue weighted by Crippen LogP contribution is 2.33. The minimum atomic E-state index is -1.09. The summed E-state index contributed by atoms with van der Waals surface area (Å²) in [7, 11) is 10.7. The van der Waals surface area contributed by atoms with Crippen LogP contribution in [0.2, 0.25) is 0 Å². The first kappa shape index (κ1) is 132. The number of aliphatic hydroxyl groups excluding tert-OH is 5. The molecule has 14 N–H and O–H groups in total. The fourth-order valence-electron chi connectivity index (χ4n) is 13.0. The highest BCUT2D eigenvalue weighted by molar-refractivity contribution is 8.76. The van der Waals surface area contributed by atoms with Gasteiger partial charge in [0.25, 0.3) is 5.91 Å². The van der Waals surface area contributed by atoms with Gasteiger partial charge in [-0.15, -0.1) is 11.3 Å². The zero-order valence-corrected chi connectivity index (χ0v) is 88.5. The SMILES string of the molecule is CCC(CO)OC(CO)OC.CCC(CO)OC(COC(=O)NCCC(=O)NCCSSc1ccccn1)OC.CCC(CO)OC(COC(=O)NCCC(=O)N[C@@H](C(=O)Oc1ccc(C[C@@H](C[C@H](C)C(=O)O)NC(=O)c2csc([C@@H](C[C@H](C(C)C)N(COC(=O)CC(C)C)C(=O)[C@@H](NC(=O)[C@H]3CCCCN3C)[C@@H](C)CC)OC(C)=O)n2)cc1)C(C)C)OC.CCC(CO)OC(COC(=O)NCCC(=O)O)OC. The third-order valence-electron chi connectivity index (χ3n) is 21.7. The number of aliphatic carboxylic acids is 2. The number of thiazole rings is 1. The van der Waals surface area contributed by atoms with Crippen molar-refractivity contribution in [3.63, 3.8) is 0 Å². The van der Waals surface area contributed by atoms with E-state index in [0.717, 1.165) is 41.5 Å². The number of benzene rings is 1. The Kier molecular flexibility index (Phi) is 71.0. The summed E-state index contributed by atoms with van der Waals surface area (Å²) < 4.78 is 73.5. The number of hydrogen-bond acceptors (Lipinski definition) is 38. The Morgan fingerprint density at radius 1 is 0.573 bits per heavy atom. The predicted molar refractivity (Wildman–Crippen MR) is 528 cm³/mol. The first-order valence-electron chi connectivity index (χ1n) is 48.0. The number of pyridine rings is 1. The van der Waals surface area contributed by atoms with Crippen LogP contribution < -0.4 is 42.0 Å². The van der Waals surface area contributed by atoms with Crippen LogP contribution in [0.4, 0.5) is 14.4 Å². The number of hydrogen-bond donors (Lipinski definition) is 14. The van der Waals surface area contributed by atoms with E-state index < -0.39 is 152 Å². The maximum absolute atomic E-state index is 15.0. The molecule has 16 atom stereocenters. The molecule has 1 aromatic carbocycles. The number of carbonyl (C=O) groups is 13. The van der Waals surface area contributed by atoms with Crippen LogP contribution in [0.15, 0.2) is 59.1 Å². The predicted octanol–water partition coefficient (Wildman–Crippen LogP) is 7.43. The largest absolute Gasteiger partial charge is 0.481 e. The van der Waals surface area contributed by atoms with Crippen molar-refractivity contribution in [3.8, 4) is 5.75 Å². The van der Waals surface area contributed by atoms with E-state index in [4.69, 9.17) is 91.8 Å². The second-order valence-electron chi connectivity index (χ2n) is 34.2. The molecule has 0 aliphatic carbocycles. The average Bonchev–Trinajstić information content (AvgIpc) is 1.80. The number of likely N-dealkylation sites (N-methyl/N-ethyl adjacent to an activating group) is 1. The van der Waals surface area contributed by atoms with Gasteiger partial charge < -0.3 is 144 Å². The van der Waals surface area contributed by atoms with Crippen molar-refractivity contribution < 1.29 is 164 Å². The first-order valence-corrected chi connectivity index (χ1v) is 51.2. The van der Waals surface area contributed by atoms with Gasteiger partial charge in [-0.05, 0) is 129 Å². The topological polar surface area (TPSA) is 609 Å². The summed E-state index contributed by atoms with van der Waals surface area (Å²) >= 11 is 1.05. The van der Waals surface area contributed by atoms with E-state index in [1.54, 1.807) is 53.8 Å². The lowest BCUT2D eigenvalue weighted by Crippen LogP contribution is -2.59. The lowest BCUT2D eigenvalue weighted by molar-refractivity contribution is -0.181.